The zero-order valence-corrected chi connectivity index (χ0v) is 20.4. The van der Waals surface area contributed by atoms with Crippen LogP contribution >= 0.6 is 23.4 Å². The van der Waals surface area contributed by atoms with Crippen molar-refractivity contribution < 1.29 is 14.3 Å². The van der Waals surface area contributed by atoms with Crippen molar-refractivity contribution in [2.24, 2.45) is 4.99 Å². The maximum absolute atomic E-state index is 12.8. The topological polar surface area (TPSA) is 59.9 Å². The first kappa shape index (κ1) is 23.0. The lowest BCUT2D eigenvalue weighted by Crippen LogP contribution is -2.19. The molecule has 1 aliphatic rings. The van der Waals surface area contributed by atoms with Gasteiger partial charge in [-0.15, -0.1) is 0 Å². The van der Waals surface area contributed by atoms with E-state index in [1.165, 1.54) is 11.8 Å². The molecule has 35 heavy (non-hydrogen) atoms. The molecule has 0 saturated carbocycles. The molecule has 5 nitrogen and oxygen atoms in total. The van der Waals surface area contributed by atoms with Gasteiger partial charge in [-0.1, -0.05) is 54.1 Å². The van der Waals surface area contributed by atoms with Crippen LogP contribution in [0.2, 0.25) is 5.02 Å². The van der Waals surface area contributed by atoms with Crippen LogP contribution in [0.15, 0.2) is 94.8 Å². The molecule has 0 radical (unpaired) electrons. The number of aliphatic imine (C=N–C) groups is 1. The number of methoxy groups -OCH3 is 1. The second-order valence-corrected chi connectivity index (χ2v) is 9.26. The molecule has 0 aromatic heterocycles. The zero-order chi connectivity index (χ0) is 24.2. The van der Waals surface area contributed by atoms with Crippen LogP contribution in [-0.2, 0) is 11.4 Å². The average Bonchev–Trinajstić information content (AvgIpc) is 3.23. The number of amidine groups is 1. The van der Waals surface area contributed by atoms with E-state index in [9.17, 15) is 4.79 Å². The lowest BCUT2D eigenvalue weighted by Gasteiger charge is -2.13. The van der Waals surface area contributed by atoms with Crippen LogP contribution in [0, 0.1) is 0 Å². The van der Waals surface area contributed by atoms with Crippen LogP contribution in [0.3, 0.4) is 0 Å². The minimum absolute atomic E-state index is 0.196. The molecule has 174 valence electrons. The van der Waals surface area contributed by atoms with Crippen molar-refractivity contribution in [2.45, 2.75) is 6.61 Å². The Bertz CT molecular complexity index is 1450. The highest BCUT2D eigenvalue weighted by Crippen LogP contribution is 2.35. The van der Waals surface area contributed by atoms with E-state index >= 15 is 0 Å². The largest absolute Gasteiger partial charge is 0.497 e. The molecule has 0 aliphatic carbocycles. The second kappa shape index (κ2) is 10.3. The Hall–Kier alpha value is -3.74. The standard InChI is InChI=1S/C28H21ClN2O3S/c1-33-22-13-11-21(12-14-22)30-28-31-27(32)26(35-28)16-24-23-5-3-2-4-19(23)8-15-25(24)34-17-18-6-9-20(29)10-7-18/h2-16H,17H2,1H3,(H,30,31,32)/b26-16-. The van der Waals surface area contributed by atoms with E-state index in [1.807, 2.05) is 91.0 Å². The van der Waals surface area contributed by atoms with Crippen molar-refractivity contribution >= 4 is 57.0 Å². The highest BCUT2D eigenvalue weighted by Gasteiger charge is 2.25. The summed E-state index contributed by atoms with van der Waals surface area (Å²) in [6.45, 7) is 0.384. The number of ether oxygens (including phenoxy) is 2. The molecule has 1 saturated heterocycles. The molecule has 1 fully saturated rings. The van der Waals surface area contributed by atoms with Gasteiger partial charge >= 0.3 is 0 Å². The molecule has 0 atom stereocenters. The summed E-state index contributed by atoms with van der Waals surface area (Å²) in [5.74, 6) is 1.25. The van der Waals surface area contributed by atoms with Crippen LogP contribution in [0.25, 0.3) is 16.8 Å². The van der Waals surface area contributed by atoms with Gasteiger partial charge < -0.3 is 14.8 Å². The first-order valence-corrected chi connectivity index (χ1v) is 12.1. The molecule has 1 aliphatic heterocycles. The third-order valence-corrected chi connectivity index (χ3v) is 6.63. The Morgan fingerprint density at radius 2 is 1.74 bits per heavy atom. The molecule has 7 heteroatoms. The summed E-state index contributed by atoms with van der Waals surface area (Å²) in [6, 6.07) is 26.9. The first-order chi connectivity index (χ1) is 17.1. The molecule has 1 amide bonds. The number of rotatable bonds is 6. The summed E-state index contributed by atoms with van der Waals surface area (Å²) >= 11 is 7.30. The van der Waals surface area contributed by atoms with E-state index in [4.69, 9.17) is 21.1 Å². The van der Waals surface area contributed by atoms with Gasteiger partial charge in [-0.05, 0) is 76.6 Å². The number of hydrogen-bond acceptors (Lipinski definition) is 5. The number of amides is 1. The van der Waals surface area contributed by atoms with Gasteiger partial charge in [-0.3, -0.25) is 4.79 Å². The number of hydrogen-bond donors (Lipinski definition) is 1. The van der Waals surface area contributed by atoms with Crippen molar-refractivity contribution in [3.8, 4) is 11.5 Å². The molecular formula is C28H21ClN2O3S. The Balaban J connectivity index is 1.46. The number of fused-ring (bicyclic) bond motifs is 1. The Morgan fingerprint density at radius 1 is 0.971 bits per heavy atom. The van der Waals surface area contributed by atoms with Gasteiger partial charge in [0.1, 0.15) is 18.1 Å². The number of carbonyl (C=O) groups is 1. The van der Waals surface area contributed by atoms with Gasteiger partial charge in [0.05, 0.1) is 17.7 Å². The summed E-state index contributed by atoms with van der Waals surface area (Å²) in [4.78, 5) is 17.9. The average molecular weight is 501 g/mol. The van der Waals surface area contributed by atoms with Crippen molar-refractivity contribution in [2.75, 3.05) is 7.11 Å². The Morgan fingerprint density at radius 3 is 2.51 bits per heavy atom. The van der Waals surface area contributed by atoms with E-state index in [0.29, 0.717) is 27.5 Å². The van der Waals surface area contributed by atoms with E-state index in [1.54, 1.807) is 7.11 Å². The molecule has 5 rings (SSSR count). The Labute approximate surface area is 212 Å². The SMILES string of the molecule is COc1ccc(N=C2NC(=O)/C(=C/c3c(OCc4ccc(Cl)cc4)ccc4ccccc34)S2)cc1. The number of nitrogens with zero attached hydrogens (tertiary/aromatic N) is 1. The number of benzene rings is 4. The molecule has 0 unspecified atom stereocenters. The predicted molar refractivity (Wildman–Crippen MR) is 144 cm³/mol. The summed E-state index contributed by atoms with van der Waals surface area (Å²) in [5, 5.41) is 6.12. The summed E-state index contributed by atoms with van der Waals surface area (Å²) in [5.41, 5.74) is 2.58. The van der Waals surface area contributed by atoms with Crippen LogP contribution in [0.4, 0.5) is 5.69 Å². The minimum Gasteiger partial charge on any atom is -0.497 e. The number of carbonyl (C=O) groups excluding carboxylic acids is 1. The van der Waals surface area contributed by atoms with E-state index < -0.39 is 0 Å². The lowest BCUT2D eigenvalue weighted by atomic mass is 10.0. The molecule has 0 bridgehead atoms. The third kappa shape index (κ3) is 5.34. The zero-order valence-electron chi connectivity index (χ0n) is 18.8. The van der Waals surface area contributed by atoms with Crippen molar-refractivity contribution in [3.05, 3.63) is 106 Å². The number of thioether (sulfide) groups is 1. The van der Waals surface area contributed by atoms with Gasteiger partial charge in [0.25, 0.3) is 5.91 Å². The third-order valence-electron chi connectivity index (χ3n) is 5.47. The second-order valence-electron chi connectivity index (χ2n) is 7.79. The van der Waals surface area contributed by atoms with E-state index in [2.05, 4.69) is 10.3 Å². The molecular weight excluding hydrogens is 480 g/mol. The van der Waals surface area contributed by atoms with Crippen LogP contribution in [0.5, 0.6) is 11.5 Å². The molecule has 4 aromatic rings. The van der Waals surface area contributed by atoms with Crippen LogP contribution < -0.4 is 14.8 Å². The Kier molecular flexibility index (Phi) is 6.75. The maximum atomic E-state index is 12.8. The summed E-state index contributed by atoms with van der Waals surface area (Å²) < 4.78 is 11.4. The first-order valence-electron chi connectivity index (χ1n) is 10.9. The predicted octanol–water partition coefficient (Wildman–Crippen LogP) is 6.97. The minimum atomic E-state index is -0.196. The quantitative estimate of drug-likeness (QED) is 0.290. The van der Waals surface area contributed by atoms with Crippen LogP contribution in [-0.4, -0.2) is 18.2 Å². The van der Waals surface area contributed by atoms with Crippen molar-refractivity contribution in [1.82, 2.24) is 5.32 Å². The lowest BCUT2D eigenvalue weighted by molar-refractivity contribution is -0.115. The fourth-order valence-corrected chi connectivity index (χ4v) is 4.63. The molecule has 0 spiro atoms. The van der Waals surface area contributed by atoms with Crippen molar-refractivity contribution in [3.63, 3.8) is 0 Å². The summed E-state index contributed by atoms with van der Waals surface area (Å²) in [7, 11) is 1.62. The maximum Gasteiger partial charge on any atom is 0.264 e. The van der Waals surface area contributed by atoms with Crippen LogP contribution in [0.1, 0.15) is 11.1 Å². The highest BCUT2D eigenvalue weighted by atomic mass is 35.5. The monoisotopic (exact) mass is 500 g/mol. The van der Waals surface area contributed by atoms with E-state index in [0.717, 1.165) is 33.3 Å². The molecule has 4 aromatic carbocycles. The smallest absolute Gasteiger partial charge is 0.264 e. The van der Waals surface area contributed by atoms with Gasteiger partial charge in [-0.25, -0.2) is 4.99 Å². The van der Waals surface area contributed by atoms with Gasteiger partial charge in [-0.2, -0.15) is 0 Å². The van der Waals surface area contributed by atoms with Gasteiger partial charge in [0.2, 0.25) is 0 Å². The normalized spacial score (nSPS) is 15.5. The number of nitrogens with one attached hydrogen (secondary N) is 1. The van der Waals surface area contributed by atoms with Crippen molar-refractivity contribution in [1.29, 1.82) is 0 Å². The van der Waals surface area contributed by atoms with Gasteiger partial charge in [0, 0.05) is 10.6 Å². The molecule has 1 N–H and O–H groups in total. The number of halogens is 1. The highest BCUT2D eigenvalue weighted by molar-refractivity contribution is 8.18. The van der Waals surface area contributed by atoms with Gasteiger partial charge in [0.15, 0.2) is 5.17 Å². The summed E-state index contributed by atoms with van der Waals surface area (Å²) in [6.07, 6.45) is 1.87. The molecule has 1 heterocycles. The van der Waals surface area contributed by atoms with E-state index in [-0.39, 0.29) is 5.91 Å². The fourth-order valence-electron chi connectivity index (χ4n) is 3.68. The fraction of sp³-hybridized carbons (Fsp3) is 0.0714.